The molecule has 0 spiro atoms. The van der Waals surface area contributed by atoms with Crippen molar-refractivity contribution in [1.82, 2.24) is 5.43 Å². The Morgan fingerprint density at radius 1 is 1.39 bits per heavy atom. The fraction of sp³-hybridized carbons (Fsp3) is 0.600. The second-order valence-electron chi connectivity index (χ2n) is 5.30. The van der Waals surface area contributed by atoms with Crippen molar-refractivity contribution in [2.75, 3.05) is 6.61 Å². The Morgan fingerprint density at radius 2 is 2.22 bits per heavy atom. The molecule has 1 aliphatic heterocycles. The van der Waals surface area contributed by atoms with Gasteiger partial charge in [0, 0.05) is 12.6 Å². The minimum atomic E-state index is 0.189. The Labute approximate surface area is 110 Å². The highest BCUT2D eigenvalue weighted by molar-refractivity contribution is 5.32. The van der Waals surface area contributed by atoms with Crippen LogP contribution < -0.4 is 11.3 Å². The van der Waals surface area contributed by atoms with Crippen LogP contribution in [0.4, 0.5) is 0 Å². The summed E-state index contributed by atoms with van der Waals surface area (Å²) in [6.45, 7) is 5.16. The molecule has 2 atom stereocenters. The summed E-state index contributed by atoms with van der Waals surface area (Å²) < 4.78 is 5.80. The smallest absolute Gasteiger partial charge is 0.0593 e. The summed E-state index contributed by atoms with van der Waals surface area (Å²) in [5.74, 6) is 5.72. The molecule has 1 aliphatic rings. The number of nitrogens with one attached hydrogen (secondary N) is 1. The summed E-state index contributed by atoms with van der Waals surface area (Å²) >= 11 is 0. The highest BCUT2D eigenvalue weighted by atomic mass is 16.5. The molecule has 1 aromatic carbocycles. The van der Waals surface area contributed by atoms with E-state index in [1.165, 1.54) is 29.5 Å². The van der Waals surface area contributed by atoms with E-state index in [0.29, 0.717) is 6.10 Å². The number of hydrazine groups is 1. The van der Waals surface area contributed by atoms with Gasteiger partial charge in [-0.3, -0.25) is 11.3 Å². The van der Waals surface area contributed by atoms with Crippen LogP contribution in [-0.2, 0) is 4.74 Å². The van der Waals surface area contributed by atoms with E-state index in [2.05, 4.69) is 37.5 Å². The van der Waals surface area contributed by atoms with Crippen LogP contribution in [0.15, 0.2) is 18.2 Å². The maximum Gasteiger partial charge on any atom is 0.0593 e. The lowest BCUT2D eigenvalue weighted by Crippen LogP contribution is -2.33. The summed E-state index contributed by atoms with van der Waals surface area (Å²) in [5, 5.41) is 0. The molecule has 2 unspecified atom stereocenters. The minimum absolute atomic E-state index is 0.189. The second-order valence-corrected chi connectivity index (χ2v) is 5.30. The molecule has 1 heterocycles. The van der Waals surface area contributed by atoms with Crippen molar-refractivity contribution < 1.29 is 4.74 Å². The molecule has 100 valence electrons. The molecule has 0 radical (unpaired) electrons. The summed E-state index contributed by atoms with van der Waals surface area (Å²) in [7, 11) is 0. The van der Waals surface area contributed by atoms with Gasteiger partial charge >= 0.3 is 0 Å². The van der Waals surface area contributed by atoms with Crippen LogP contribution in [0.3, 0.4) is 0 Å². The van der Waals surface area contributed by atoms with Crippen LogP contribution in [0.5, 0.6) is 0 Å². The van der Waals surface area contributed by atoms with Gasteiger partial charge in [0.05, 0.1) is 6.10 Å². The zero-order valence-corrected chi connectivity index (χ0v) is 11.4. The third kappa shape index (κ3) is 3.31. The van der Waals surface area contributed by atoms with E-state index in [4.69, 9.17) is 10.6 Å². The van der Waals surface area contributed by atoms with Crippen molar-refractivity contribution in [3.63, 3.8) is 0 Å². The van der Waals surface area contributed by atoms with E-state index in [9.17, 15) is 0 Å². The van der Waals surface area contributed by atoms with E-state index >= 15 is 0 Å². The van der Waals surface area contributed by atoms with E-state index in [1.807, 2.05) is 0 Å². The molecule has 0 amide bonds. The van der Waals surface area contributed by atoms with Crippen LogP contribution in [-0.4, -0.2) is 12.7 Å². The van der Waals surface area contributed by atoms with Crippen molar-refractivity contribution in [3.8, 4) is 0 Å². The molecule has 0 aromatic heterocycles. The van der Waals surface area contributed by atoms with Gasteiger partial charge in [0.2, 0.25) is 0 Å². The van der Waals surface area contributed by atoms with E-state index < -0.39 is 0 Å². The first kappa shape index (κ1) is 13.5. The molecular formula is C15H24N2O. The molecule has 3 nitrogen and oxygen atoms in total. The lowest BCUT2D eigenvalue weighted by atomic mass is 9.93. The first-order valence-corrected chi connectivity index (χ1v) is 6.85. The second kappa shape index (κ2) is 6.32. The molecular weight excluding hydrogens is 224 g/mol. The van der Waals surface area contributed by atoms with Gasteiger partial charge in [-0.2, -0.15) is 0 Å². The maximum absolute atomic E-state index is 5.80. The Morgan fingerprint density at radius 3 is 2.83 bits per heavy atom. The first-order valence-electron chi connectivity index (χ1n) is 6.85. The van der Waals surface area contributed by atoms with E-state index in [0.717, 1.165) is 19.4 Å². The fourth-order valence-electron chi connectivity index (χ4n) is 2.76. The number of aryl methyl sites for hydroxylation is 2. The van der Waals surface area contributed by atoms with Gasteiger partial charge in [0.15, 0.2) is 0 Å². The minimum Gasteiger partial charge on any atom is -0.378 e. The molecule has 0 saturated carbocycles. The SMILES string of the molecule is Cc1ccc(C(CC2CCCCO2)NN)c(C)c1. The Bertz CT molecular complexity index is 386. The molecule has 18 heavy (non-hydrogen) atoms. The van der Waals surface area contributed by atoms with Crippen LogP contribution >= 0.6 is 0 Å². The van der Waals surface area contributed by atoms with Gasteiger partial charge in [-0.1, -0.05) is 23.8 Å². The molecule has 3 heteroatoms. The van der Waals surface area contributed by atoms with E-state index in [1.54, 1.807) is 0 Å². The van der Waals surface area contributed by atoms with Crippen molar-refractivity contribution in [1.29, 1.82) is 0 Å². The molecule has 0 aliphatic carbocycles. The van der Waals surface area contributed by atoms with Crippen LogP contribution in [0.25, 0.3) is 0 Å². The van der Waals surface area contributed by atoms with Crippen molar-refractivity contribution in [3.05, 3.63) is 34.9 Å². The van der Waals surface area contributed by atoms with Gasteiger partial charge in [0.25, 0.3) is 0 Å². The lowest BCUT2D eigenvalue weighted by molar-refractivity contribution is 0.00499. The van der Waals surface area contributed by atoms with Crippen molar-refractivity contribution in [2.24, 2.45) is 5.84 Å². The third-order valence-electron chi connectivity index (χ3n) is 3.77. The van der Waals surface area contributed by atoms with Crippen molar-refractivity contribution in [2.45, 2.75) is 51.7 Å². The maximum atomic E-state index is 5.80. The molecule has 1 aromatic rings. The quantitative estimate of drug-likeness (QED) is 0.636. The molecule has 3 N–H and O–H groups in total. The van der Waals surface area contributed by atoms with Crippen LogP contribution in [0.2, 0.25) is 0 Å². The Hall–Kier alpha value is -0.900. The van der Waals surface area contributed by atoms with Crippen LogP contribution in [0.1, 0.15) is 48.4 Å². The molecule has 0 bridgehead atoms. The fourth-order valence-corrected chi connectivity index (χ4v) is 2.76. The first-order chi connectivity index (χ1) is 8.70. The standard InChI is InChI=1S/C15H24N2O/c1-11-6-7-14(12(2)9-11)15(17-16)10-13-5-3-4-8-18-13/h6-7,9,13,15,17H,3-5,8,10,16H2,1-2H3. The summed E-state index contributed by atoms with van der Waals surface area (Å²) in [6, 6.07) is 6.72. The van der Waals surface area contributed by atoms with Crippen LogP contribution in [0, 0.1) is 13.8 Å². The van der Waals surface area contributed by atoms with Gasteiger partial charge in [-0.25, -0.2) is 0 Å². The summed E-state index contributed by atoms with van der Waals surface area (Å²) in [5.41, 5.74) is 6.83. The molecule has 1 fully saturated rings. The number of hydrogen-bond acceptors (Lipinski definition) is 3. The molecule has 1 saturated heterocycles. The largest absolute Gasteiger partial charge is 0.378 e. The van der Waals surface area contributed by atoms with Gasteiger partial charge in [-0.15, -0.1) is 0 Å². The highest BCUT2D eigenvalue weighted by Gasteiger charge is 2.21. The lowest BCUT2D eigenvalue weighted by Gasteiger charge is -2.27. The monoisotopic (exact) mass is 248 g/mol. The third-order valence-corrected chi connectivity index (χ3v) is 3.77. The zero-order valence-electron chi connectivity index (χ0n) is 11.4. The number of ether oxygens (including phenoxy) is 1. The van der Waals surface area contributed by atoms with Gasteiger partial charge < -0.3 is 4.74 Å². The average Bonchev–Trinajstić information content (AvgIpc) is 2.38. The summed E-state index contributed by atoms with van der Waals surface area (Å²) in [4.78, 5) is 0. The average molecular weight is 248 g/mol. The predicted molar refractivity (Wildman–Crippen MR) is 74.2 cm³/mol. The molecule has 2 rings (SSSR count). The Kier molecular flexibility index (Phi) is 4.75. The Balaban J connectivity index is 2.07. The highest BCUT2D eigenvalue weighted by Crippen LogP contribution is 2.26. The number of benzene rings is 1. The topological polar surface area (TPSA) is 47.3 Å². The number of nitrogens with two attached hydrogens (primary N) is 1. The van der Waals surface area contributed by atoms with Gasteiger partial charge in [-0.05, 0) is 50.7 Å². The normalized spacial score (nSPS) is 21.8. The summed E-state index contributed by atoms with van der Waals surface area (Å²) in [6.07, 6.45) is 4.93. The number of rotatable bonds is 4. The predicted octanol–water partition coefficient (Wildman–Crippen LogP) is 2.77. The van der Waals surface area contributed by atoms with E-state index in [-0.39, 0.29) is 6.04 Å². The zero-order chi connectivity index (χ0) is 13.0. The number of hydrogen-bond donors (Lipinski definition) is 2. The van der Waals surface area contributed by atoms with Crippen molar-refractivity contribution >= 4 is 0 Å². The van der Waals surface area contributed by atoms with Gasteiger partial charge in [0.1, 0.15) is 0 Å².